The molecule has 0 unspecified atom stereocenters. The fourth-order valence-electron chi connectivity index (χ4n) is 2.74. The Morgan fingerprint density at radius 1 is 1.14 bits per heavy atom. The van der Waals surface area contributed by atoms with E-state index in [2.05, 4.69) is 4.72 Å². The molecular formula is C14H17F4NO2S. The zero-order valence-corrected chi connectivity index (χ0v) is 12.8. The summed E-state index contributed by atoms with van der Waals surface area (Å²) in [5.74, 6) is -1.90. The van der Waals surface area contributed by atoms with Gasteiger partial charge in [0.05, 0.1) is 10.8 Å². The van der Waals surface area contributed by atoms with E-state index in [1.807, 2.05) is 0 Å². The molecule has 2 rings (SSSR count). The highest BCUT2D eigenvalue weighted by molar-refractivity contribution is 7.89. The maximum atomic E-state index is 13.0. The lowest BCUT2D eigenvalue weighted by molar-refractivity contribution is -0.182. The molecule has 3 nitrogen and oxygen atoms in total. The number of benzene rings is 1. The molecule has 1 saturated carbocycles. The van der Waals surface area contributed by atoms with Crippen LogP contribution in [0.4, 0.5) is 17.6 Å². The van der Waals surface area contributed by atoms with Gasteiger partial charge in [-0.2, -0.15) is 13.2 Å². The number of nitrogens with one attached hydrogen (secondary N) is 1. The second-order valence-electron chi connectivity index (χ2n) is 5.62. The first-order valence-electron chi connectivity index (χ1n) is 6.95. The Labute approximate surface area is 126 Å². The van der Waals surface area contributed by atoms with E-state index in [0.717, 1.165) is 18.2 Å². The van der Waals surface area contributed by atoms with Gasteiger partial charge < -0.3 is 0 Å². The minimum atomic E-state index is -4.22. The van der Waals surface area contributed by atoms with Gasteiger partial charge in [-0.3, -0.25) is 0 Å². The molecule has 1 aromatic rings. The molecule has 1 N–H and O–H groups in total. The van der Waals surface area contributed by atoms with Crippen LogP contribution in [0, 0.1) is 18.7 Å². The van der Waals surface area contributed by atoms with Crippen molar-refractivity contribution in [3.05, 3.63) is 29.6 Å². The maximum Gasteiger partial charge on any atom is 0.391 e. The smallest absolute Gasteiger partial charge is 0.208 e. The summed E-state index contributed by atoms with van der Waals surface area (Å²) in [6.07, 6.45) is -4.11. The average molecular weight is 339 g/mol. The first-order chi connectivity index (χ1) is 10.1. The molecular weight excluding hydrogens is 322 g/mol. The number of alkyl halides is 3. The molecule has 0 amide bonds. The fraction of sp³-hybridized carbons (Fsp3) is 0.571. The van der Waals surface area contributed by atoms with Gasteiger partial charge in [-0.1, -0.05) is 0 Å². The molecule has 1 aromatic carbocycles. The number of rotatable bonds is 3. The van der Waals surface area contributed by atoms with Crippen LogP contribution in [-0.2, 0) is 10.0 Å². The van der Waals surface area contributed by atoms with Crippen molar-refractivity contribution in [2.24, 2.45) is 5.92 Å². The molecule has 22 heavy (non-hydrogen) atoms. The molecule has 0 saturated heterocycles. The molecule has 1 aliphatic carbocycles. The van der Waals surface area contributed by atoms with E-state index in [1.165, 1.54) is 6.92 Å². The Hall–Kier alpha value is -1.15. The van der Waals surface area contributed by atoms with E-state index >= 15 is 0 Å². The topological polar surface area (TPSA) is 46.2 Å². The van der Waals surface area contributed by atoms with Gasteiger partial charge in [0.25, 0.3) is 0 Å². The monoisotopic (exact) mass is 339 g/mol. The highest BCUT2D eigenvalue weighted by Gasteiger charge is 2.41. The Kier molecular flexibility index (Phi) is 4.81. The predicted molar refractivity (Wildman–Crippen MR) is 73.3 cm³/mol. The van der Waals surface area contributed by atoms with Crippen LogP contribution < -0.4 is 4.72 Å². The summed E-state index contributed by atoms with van der Waals surface area (Å²) in [5.41, 5.74) is 0.261. The van der Waals surface area contributed by atoms with Crippen molar-refractivity contribution in [2.75, 3.05) is 0 Å². The van der Waals surface area contributed by atoms with E-state index in [4.69, 9.17) is 0 Å². The fourth-order valence-corrected chi connectivity index (χ4v) is 4.27. The van der Waals surface area contributed by atoms with Gasteiger partial charge in [0.1, 0.15) is 5.82 Å². The molecule has 8 heteroatoms. The summed E-state index contributed by atoms with van der Waals surface area (Å²) in [6.45, 7) is 1.47. The van der Waals surface area contributed by atoms with Crippen LogP contribution in [0.25, 0.3) is 0 Å². The lowest BCUT2D eigenvalue weighted by Gasteiger charge is -2.30. The van der Waals surface area contributed by atoms with E-state index < -0.39 is 34.0 Å². The predicted octanol–water partition coefficient (Wildman–Crippen LogP) is 3.53. The van der Waals surface area contributed by atoms with Crippen LogP contribution in [0.3, 0.4) is 0 Å². The summed E-state index contributed by atoms with van der Waals surface area (Å²) in [6, 6.07) is 2.79. The molecule has 1 aliphatic rings. The second-order valence-corrected chi connectivity index (χ2v) is 7.30. The van der Waals surface area contributed by atoms with Crippen molar-refractivity contribution in [2.45, 2.75) is 49.7 Å². The minimum absolute atomic E-state index is 0.0492. The summed E-state index contributed by atoms with van der Waals surface area (Å²) in [7, 11) is -3.86. The van der Waals surface area contributed by atoms with Crippen LogP contribution in [0.1, 0.15) is 31.2 Å². The van der Waals surface area contributed by atoms with Crippen LogP contribution in [0.5, 0.6) is 0 Å². The quantitative estimate of drug-likeness (QED) is 0.857. The van der Waals surface area contributed by atoms with Crippen LogP contribution in [0.15, 0.2) is 23.1 Å². The SMILES string of the molecule is Cc1cc(F)ccc1S(=O)(=O)NC1CCC(C(F)(F)F)CC1. The third-order valence-electron chi connectivity index (χ3n) is 3.94. The number of sulfonamides is 1. The number of aryl methyl sites for hydroxylation is 1. The van der Waals surface area contributed by atoms with Crippen molar-refractivity contribution in [1.29, 1.82) is 0 Å². The Balaban J connectivity index is 2.05. The van der Waals surface area contributed by atoms with Gasteiger partial charge in [-0.15, -0.1) is 0 Å². The van der Waals surface area contributed by atoms with Crippen LogP contribution in [0.2, 0.25) is 0 Å². The van der Waals surface area contributed by atoms with E-state index in [9.17, 15) is 26.0 Å². The summed E-state index contributed by atoms with van der Waals surface area (Å²) < 4.78 is 77.7. The Morgan fingerprint density at radius 2 is 1.73 bits per heavy atom. The van der Waals surface area contributed by atoms with E-state index in [1.54, 1.807) is 0 Å². The van der Waals surface area contributed by atoms with Gasteiger partial charge in [-0.25, -0.2) is 17.5 Å². The summed E-state index contributed by atoms with van der Waals surface area (Å²) >= 11 is 0. The Bertz CT molecular complexity index is 635. The van der Waals surface area contributed by atoms with Crippen molar-refractivity contribution in [3.8, 4) is 0 Å². The van der Waals surface area contributed by atoms with Gasteiger partial charge in [0.15, 0.2) is 0 Å². The molecule has 0 heterocycles. The zero-order valence-electron chi connectivity index (χ0n) is 12.0. The lowest BCUT2D eigenvalue weighted by atomic mass is 9.86. The largest absolute Gasteiger partial charge is 0.391 e. The standard InChI is InChI=1S/C14H17F4NO2S/c1-9-8-11(15)4-7-13(9)22(20,21)19-12-5-2-10(3-6-12)14(16,17)18/h4,7-8,10,12,19H,2-3,5-6H2,1H3. The van der Waals surface area contributed by atoms with Crippen molar-refractivity contribution in [1.82, 2.24) is 4.72 Å². The maximum absolute atomic E-state index is 13.0. The number of hydrogen-bond acceptors (Lipinski definition) is 2. The molecule has 0 spiro atoms. The first kappa shape index (κ1) is 17.2. The van der Waals surface area contributed by atoms with Crippen LogP contribution in [-0.4, -0.2) is 20.6 Å². The third kappa shape index (κ3) is 3.98. The van der Waals surface area contributed by atoms with Crippen molar-refractivity contribution >= 4 is 10.0 Å². The zero-order chi connectivity index (χ0) is 16.5. The first-order valence-corrected chi connectivity index (χ1v) is 8.43. The van der Waals surface area contributed by atoms with Gasteiger partial charge in [0.2, 0.25) is 10.0 Å². The number of halogens is 4. The van der Waals surface area contributed by atoms with Gasteiger partial charge in [0, 0.05) is 6.04 Å². The molecule has 0 atom stereocenters. The molecule has 1 fully saturated rings. The molecule has 0 aliphatic heterocycles. The third-order valence-corrected chi connectivity index (χ3v) is 5.62. The minimum Gasteiger partial charge on any atom is -0.208 e. The highest BCUT2D eigenvalue weighted by Crippen LogP contribution is 2.37. The lowest BCUT2D eigenvalue weighted by Crippen LogP contribution is -2.40. The summed E-state index contributed by atoms with van der Waals surface area (Å²) in [5, 5.41) is 0. The molecule has 124 valence electrons. The second kappa shape index (κ2) is 6.16. The van der Waals surface area contributed by atoms with Crippen molar-refractivity contribution in [3.63, 3.8) is 0 Å². The van der Waals surface area contributed by atoms with E-state index in [0.29, 0.717) is 0 Å². The summed E-state index contributed by atoms with van der Waals surface area (Å²) in [4.78, 5) is -0.0492. The Morgan fingerprint density at radius 3 is 2.23 bits per heavy atom. The number of hydrogen-bond donors (Lipinski definition) is 1. The molecule has 0 radical (unpaired) electrons. The molecule has 0 aromatic heterocycles. The van der Waals surface area contributed by atoms with Gasteiger partial charge >= 0.3 is 6.18 Å². The van der Waals surface area contributed by atoms with Crippen LogP contribution >= 0.6 is 0 Å². The normalized spacial score (nSPS) is 23.5. The molecule has 0 bridgehead atoms. The highest BCUT2D eigenvalue weighted by atomic mass is 32.2. The van der Waals surface area contributed by atoms with Crippen molar-refractivity contribution < 1.29 is 26.0 Å². The van der Waals surface area contributed by atoms with Gasteiger partial charge in [-0.05, 0) is 56.4 Å². The average Bonchev–Trinajstić information content (AvgIpc) is 2.37. The van der Waals surface area contributed by atoms with E-state index in [-0.39, 0.29) is 36.1 Å².